The van der Waals surface area contributed by atoms with Crippen LogP contribution in [0.4, 0.5) is 0 Å². The monoisotopic (exact) mass is 311 g/mol. The number of H-pyrrole nitrogens is 1. The first-order chi connectivity index (χ1) is 10.8. The molecule has 0 saturated carbocycles. The molecule has 2 aromatic rings. The van der Waals surface area contributed by atoms with Gasteiger partial charge in [-0.25, -0.2) is 9.83 Å². The number of ketones is 1. The first-order valence-electron chi connectivity index (χ1n) is 7.47. The lowest BCUT2D eigenvalue weighted by Gasteiger charge is -2.18. The molecule has 2 rings (SSSR count). The Hall–Kier alpha value is -2.61. The highest BCUT2D eigenvalue weighted by atomic mass is 16.5. The first-order valence-corrected chi connectivity index (χ1v) is 7.47. The number of carbonyl (C=O) groups is 1. The van der Waals surface area contributed by atoms with E-state index in [2.05, 4.69) is 35.6 Å². The van der Waals surface area contributed by atoms with E-state index in [-0.39, 0.29) is 16.9 Å². The van der Waals surface area contributed by atoms with E-state index < -0.39 is 0 Å². The molecule has 0 radical (unpaired) electrons. The number of ether oxygens (including phenoxy) is 1. The van der Waals surface area contributed by atoms with E-state index in [1.54, 1.807) is 12.3 Å². The minimum Gasteiger partial charge on any atom is -0.491 e. The molecule has 5 nitrogen and oxygen atoms in total. The van der Waals surface area contributed by atoms with Gasteiger partial charge in [0.15, 0.2) is 5.78 Å². The van der Waals surface area contributed by atoms with Gasteiger partial charge in [0.2, 0.25) is 5.70 Å². The van der Waals surface area contributed by atoms with Crippen molar-refractivity contribution >= 4 is 16.8 Å². The fourth-order valence-electron chi connectivity index (χ4n) is 2.06. The number of carbonyl (C=O) groups excluding carboxylic acids is 1. The van der Waals surface area contributed by atoms with E-state index in [0.717, 1.165) is 16.6 Å². The fraction of sp³-hybridized carbons (Fsp3) is 0.389. The number of nitrogens with zero attached hydrogens (tertiary/aromatic N) is 2. The molecular weight excluding hydrogens is 290 g/mol. The predicted octanol–water partition coefficient (Wildman–Crippen LogP) is 3.92. The van der Waals surface area contributed by atoms with Gasteiger partial charge < -0.3 is 14.5 Å². The van der Waals surface area contributed by atoms with Crippen molar-refractivity contribution in [1.29, 1.82) is 0 Å². The zero-order chi connectivity index (χ0) is 17.0. The zero-order valence-corrected chi connectivity index (χ0v) is 13.9. The molecular formula is C18H21N3O2. The normalized spacial score (nSPS) is 12.2. The number of fused-ring (bicyclic) bond motifs is 1. The molecule has 0 aliphatic carbocycles. The Morgan fingerprint density at radius 1 is 1.48 bits per heavy atom. The largest absolute Gasteiger partial charge is 0.491 e. The Balaban J connectivity index is 2.25. The van der Waals surface area contributed by atoms with Gasteiger partial charge >= 0.3 is 0 Å². The molecule has 0 amide bonds. The van der Waals surface area contributed by atoms with Gasteiger partial charge in [-0.3, -0.25) is 0 Å². The molecule has 5 heteroatoms. The number of Topliss-reactive ketones (excluding diaryl/α,β-unsaturated/α-hetero) is 1. The van der Waals surface area contributed by atoms with Gasteiger partial charge in [-0.15, -0.1) is 0 Å². The van der Waals surface area contributed by atoms with Crippen molar-refractivity contribution in [2.75, 3.05) is 6.61 Å². The lowest BCUT2D eigenvalue weighted by molar-refractivity contribution is -0.113. The lowest BCUT2D eigenvalue weighted by Crippen LogP contribution is -2.16. The van der Waals surface area contributed by atoms with Gasteiger partial charge in [0.25, 0.3) is 0 Å². The van der Waals surface area contributed by atoms with Gasteiger partial charge in [-0.1, -0.05) is 26.8 Å². The fourth-order valence-corrected chi connectivity index (χ4v) is 2.06. The molecule has 23 heavy (non-hydrogen) atoms. The average Bonchev–Trinajstić information content (AvgIpc) is 2.87. The van der Waals surface area contributed by atoms with Crippen molar-refractivity contribution < 1.29 is 9.53 Å². The zero-order valence-electron chi connectivity index (χ0n) is 13.9. The lowest BCUT2D eigenvalue weighted by atomic mass is 9.99. The number of hydrogen-bond acceptors (Lipinski definition) is 3. The Morgan fingerprint density at radius 3 is 2.83 bits per heavy atom. The molecule has 0 bridgehead atoms. The van der Waals surface area contributed by atoms with E-state index >= 15 is 0 Å². The van der Waals surface area contributed by atoms with Crippen LogP contribution < -0.4 is 4.74 Å². The van der Waals surface area contributed by atoms with Crippen molar-refractivity contribution in [2.24, 2.45) is 5.41 Å². The number of nitrogens with one attached hydrogen (secondary N) is 1. The van der Waals surface area contributed by atoms with E-state index in [1.807, 2.05) is 12.3 Å². The number of rotatable bonds is 5. The maximum atomic E-state index is 11.3. The second kappa shape index (κ2) is 6.66. The van der Waals surface area contributed by atoms with Gasteiger partial charge in [0.1, 0.15) is 11.4 Å². The highest BCUT2D eigenvalue weighted by Crippen LogP contribution is 2.24. The molecule has 0 aromatic carbocycles. The summed E-state index contributed by atoms with van der Waals surface area (Å²) in [5.41, 5.74) is 1.98. The van der Waals surface area contributed by atoms with Crippen LogP contribution in [0.3, 0.4) is 0 Å². The van der Waals surface area contributed by atoms with E-state index in [9.17, 15) is 4.79 Å². The van der Waals surface area contributed by atoms with Crippen LogP contribution in [-0.4, -0.2) is 22.4 Å². The standard InChI is InChI=1S/C18H21N3O2/c1-12(22)16(19-5)7-6-13-9-20-17-15(13)8-14(10-21-17)23-11-18(2,3)4/h7-10H,6,11H2,1-4H3,(H,20,21)/b16-7-. The third-order valence-electron chi connectivity index (χ3n) is 3.26. The van der Waals surface area contributed by atoms with Crippen LogP contribution in [-0.2, 0) is 11.2 Å². The van der Waals surface area contributed by atoms with Crippen molar-refractivity contribution in [2.45, 2.75) is 34.1 Å². The SMILES string of the molecule is [C-]#[N+]/C(=C\Cc1c[nH]c2ncc(OCC(C)(C)C)cc12)C(C)=O. The van der Waals surface area contributed by atoms with Crippen LogP contribution in [0.15, 0.2) is 30.2 Å². The Morgan fingerprint density at radius 2 is 2.22 bits per heavy atom. The molecule has 0 aliphatic rings. The van der Waals surface area contributed by atoms with Gasteiger partial charge in [-0.05, 0) is 30.4 Å². The molecule has 1 N–H and O–H groups in total. The Bertz CT molecular complexity index is 789. The summed E-state index contributed by atoms with van der Waals surface area (Å²) in [6, 6.07) is 1.94. The summed E-state index contributed by atoms with van der Waals surface area (Å²) in [4.78, 5) is 22.0. The van der Waals surface area contributed by atoms with Crippen molar-refractivity contribution in [3.05, 3.63) is 47.2 Å². The third kappa shape index (κ3) is 4.43. The maximum absolute atomic E-state index is 11.3. The molecule has 2 aromatic heterocycles. The summed E-state index contributed by atoms with van der Waals surface area (Å²) in [6.07, 6.45) is 5.70. The Kier molecular flexibility index (Phi) is 4.85. The minimum absolute atomic E-state index is 0.0741. The number of hydrogen-bond donors (Lipinski definition) is 1. The molecule has 0 aliphatic heterocycles. The van der Waals surface area contributed by atoms with Crippen LogP contribution in [0.1, 0.15) is 33.3 Å². The van der Waals surface area contributed by atoms with Crippen molar-refractivity contribution in [1.82, 2.24) is 9.97 Å². The first kappa shape index (κ1) is 16.8. The van der Waals surface area contributed by atoms with E-state index in [0.29, 0.717) is 18.8 Å². The number of aromatic nitrogens is 2. The highest BCUT2D eigenvalue weighted by molar-refractivity contribution is 5.95. The molecule has 0 fully saturated rings. The molecule has 120 valence electrons. The second-order valence-electron chi connectivity index (χ2n) is 6.69. The minimum atomic E-state index is -0.216. The summed E-state index contributed by atoms with van der Waals surface area (Å²) in [6.45, 7) is 15.4. The topological polar surface area (TPSA) is 59.3 Å². The van der Waals surface area contributed by atoms with E-state index in [4.69, 9.17) is 11.3 Å². The smallest absolute Gasteiger partial charge is 0.225 e. The third-order valence-corrected chi connectivity index (χ3v) is 3.26. The van der Waals surface area contributed by atoms with Crippen LogP contribution in [0, 0.1) is 12.0 Å². The number of allylic oxidation sites excluding steroid dienone is 2. The molecule has 2 heterocycles. The summed E-state index contributed by atoms with van der Waals surface area (Å²) in [5, 5.41) is 0.945. The molecule has 0 saturated heterocycles. The van der Waals surface area contributed by atoms with Gasteiger partial charge in [0, 0.05) is 11.6 Å². The van der Waals surface area contributed by atoms with Crippen LogP contribution in [0.2, 0.25) is 0 Å². The quantitative estimate of drug-likeness (QED) is 0.672. The summed E-state index contributed by atoms with van der Waals surface area (Å²) < 4.78 is 5.79. The summed E-state index contributed by atoms with van der Waals surface area (Å²) in [7, 11) is 0. The van der Waals surface area contributed by atoms with Crippen LogP contribution in [0.25, 0.3) is 15.9 Å². The predicted molar refractivity (Wildman–Crippen MR) is 90.1 cm³/mol. The Labute approximate surface area is 136 Å². The molecule has 0 atom stereocenters. The maximum Gasteiger partial charge on any atom is 0.225 e. The summed E-state index contributed by atoms with van der Waals surface area (Å²) >= 11 is 0. The van der Waals surface area contributed by atoms with E-state index in [1.165, 1.54) is 6.92 Å². The van der Waals surface area contributed by atoms with Gasteiger partial charge in [0.05, 0.1) is 19.4 Å². The average molecular weight is 311 g/mol. The van der Waals surface area contributed by atoms with Gasteiger partial charge in [-0.2, -0.15) is 0 Å². The van der Waals surface area contributed by atoms with Crippen LogP contribution in [0.5, 0.6) is 5.75 Å². The second-order valence-corrected chi connectivity index (χ2v) is 6.69. The summed E-state index contributed by atoms with van der Waals surface area (Å²) in [5.74, 6) is 0.501. The highest BCUT2D eigenvalue weighted by Gasteiger charge is 2.12. The molecule has 0 unspecified atom stereocenters. The van der Waals surface area contributed by atoms with Crippen molar-refractivity contribution in [3.8, 4) is 5.75 Å². The number of pyridine rings is 1. The number of aromatic amines is 1. The van der Waals surface area contributed by atoms with Crippen LogP contribution >= 0.6 is 0 Å². The van der Waals surface area contributed by atoms with Crippen molar-refractivity contribution in [3.63, 3.8) is 0 Å². The molecule has 0 spiro atoms.